The average Bonchev–Trinajstić information content (AvgIpc) is 3.35. The van der Waals surface area contributed by atoms with Crippen LogP contribution < -0.4 is 10.7 Å². The molecule has 3 heterocycles. The molecule has 0 unspecified atom stereocenters. The molecule has 0 bridgehead atoms. The van der Waals surface area contributed by atoms with Gasteiger partial charge in [0.1, 0.15) is 17.8 Å². The van der Waals surface area contributed by atoms with Crippen LogP contribution in [0.5, 0.6) is 0 Å². The zero-order valence-electron chi connectivity index (χ0n) is 20.2. The van der Waals surface area contributed by atoms with Gasteiger partial charge in [-0.1, -0.05) is 35.0 Å². The normalized spacial score (nSPS) is 11.6. The fourth-order valence-corrected chi connectivity index (χ4v) is 4.00. The predicted molar refractivity (Wildman–Crippen MR) is 134 cm³/mol. The van der Waals surface area contributed by atoms with E-state index in [0.29, 0.717) is 17.1 Å². The van der Waals surface area contributed by atoms with Crippen molar-refractivity contribution in [3.8, 4) is 22.8 Å². The fraction of sp³-hybridized carbons (Fsp3) is 0.148. The highest BCUT2D eigenvalue weighted by atomic mass is 19.4. The summed E-state index contributed by atoms with van der Waals surface area (Å²) in [6, 6.07) is 15.0. The summed E-state index contributed by atoms with van der Waals surface area (Å²) in [5.41, 5.74) is 1.29. The number of pyridine rings is 2. The number of anilines is 1. The molecule has 11 heteroatoms. The number of nitrogens with zero attached hydrogens (tertiary/aromatic N) is 4. The van der Waals surface area contributed by atoms with Gasteiger partial charge in [-0.2, -0.15) is 18.2 Å². The third-order valence-corrected chi connectivity index (χ3v) is 5.78. The molecule has 192 valence electrons. The maximum atomic E-state index is 13.3. The number of carbonyl (C=O) groups excluding carboxylic acids is 1. The lowest BCUT2D eigenvalue weighted by molar-refractivity contribution is -0.137. The topological polar surface area (TPSA) is 103 Å². The predicted octanol–water partition coefficient (Wildman–Crippen LogP) is 5.39. The number of rotatable bonds is 5. The van der Waals surface area contributed by atoms with Gasteiger partial charge in [0.15, 0.2) is 0 Å². The molecular weight excluding hydrogens is 499 g/mol. The Kier molecular flexibility index (Phi) is 6.27. The van der Waals surface area contributed by atoms with Gasteiger partial charge < -0.3 is 14.4 Å². The molecule has 0 radical (unpaired) electrons. The van der Waals surface area contributed by atoms with E-state index in [1.165, 1.54) is 22.9 Å². The van der Waals surface area contributed by atoms with Crippen LogP contribution in [0.3, 0.4) is 0 Å². The van der Waals surface area contributed by atoms with Gasteiger partial charge in [-0.05, 0) is 50.2 Å². The van der Waals surface area contributed by atoms with E-state index in [0.717, 1.165) is 17.7 Å². The second-order valence-electron chi connectivity index (χ2n) is 8.74. The SMILES string of the molecule is Cc1cccc(-c2noc(-c3cn(CC(=O)Nc4cccc(C(F)(F)F)c4)c4nc(C)ccc4c3=O)n2)c1. The van der Waals surface area contributed by atoms with E-state index in [2.05, 4.69) is 20.4 Å². The van der Waals surface area contributed by atoms with Gasteiger partial charge in [-0.25, -0.2) is 4.98 Å². The molecule has 0 aliphatic carbocycles. The molecule has 0 atom stereocenters. The van der Waals surface area contributed by atoms with Gasteiger partial charge in [0.05, 0.1) is 10.9 Å². The number of amides is 1. The maximum Gasteiger partial charge on any atom is 0.416 e. The molecular formula is C27H20F3N5O3. The van der Waals surface area contributed by atoms with Gasteiger partial charge in [0.25, 0.3) is 5.89 Å². The van der Waals surface area contributed by atoms with E-state index < -0.39 is 23.1 Å². The summed E-state index contributed by atoms with van der Waals surface area (Å²) in [5, 5.41) is 6.68. The van der Waals surface area contributed by atoms with Crippen LogP contribution in [-0.2, 0) is 17.5 Å². The van der Waals surface area contributed by atoms with Crippen molar-refractivity contribution in [1.29, 1.82) is 0 Å². The highest BCUT2D eigenvalue weighted by Crippen LogP contribution is 2.30. The first-order valence-corrected chi connectivity index (χ1v) is 11.5. The van der Waals surface area contributed by atoms with E-state index in [9.17, 15) is 22.8 Å². The van der Waals surface area contributed by atoms with Crippen molar-refractivity contribution in [2.24, 2.45) is 0 Å². The van der Waals surface area contributed by atoms with Gasteiger partial charge in [0, 0.05) is 23.1 Å². The monoisotopic (exact) mass is 519 g/mol. The molecule has 0 fully saturated rings. The molecule has 38 heavy (non-hydrogen) atoms. The van der Waals surface area contributed by atoms with Crippen LogP contribution in [0.25, 0.3) is 33.9 Å². The first-order chi connectivity index (χ1) is 18.1. The third kappa shape index (κ3) is 5.03. The van der Waals surface area contributed by atoms with Crippen LogP contribution in [0.1, 0.15) is 16.8 Å². The summed E-state index contributed by atoms with van der Waals surface area (Å²) in [5.74, 6) is -0.366. The second-order valence-corrected chi connectivity index (χ2v) is 8.74. The summed E-state index contributed by atoms with van der Waals surface area (Å²) < 4.78 is 46.0. The number of carbonyl (C=O) groups is 1. The van der Waals surface area contributed by atoms with Crippen LogP contribution in [0.15, 0.2) is 76.2 Å². The van der Waals surface area contributed by atoms with E-state index in [4.69, 9.17) is 4.52 Å². The Balaban J connectivity index is 1.52. The van der Waals surface area contributed by atoms with Crippen molar-refractivity contribution < 1.29 is 22.5 Å². The Labute approximate surface area is 213 Å². The van der Waals surface area contributed by atoms with Crippen LogP contribution in [0, 0.1) is 13.8 Å². The van der Waals surface area contributed by atoms with Gasteiger partial charge in [0.2, 0.25) is 17.2 Å². The first kappa shape index (κ1) is 24.9. The number of alkyl halides is 3. The molecule has 1 amide bonds. The zero-order chi connectivity index (χ0) is 27.0. The van der Waals surface area contributed by atoms with Crippen LogP contribution >= 0.6 is 0 Å². The Morgan fingerprint density at radius 1 is 1.03 bits per heavy atom. The Morgan fingerprint density at radius 2 is 1.82 bits per heavy atom. The van der Waals surface area contributed by atoms with E-state index in [1.807, 2.05) is 31.2 Å². The molecule has 3 aromatic heterocycles. The van der Waals surface area contributed by atoms with E-state index in [1.54, 1.807) is 19.1 Å². The lowest BCUT2D eigenvalue weighted by Gasteiger charge is -2.13. The fourth-order valence-electron chi connectivity index (χ4n) is 4.00. The highest BCUT2D eigenvalue weighted by Gasteiger charge is 2.30. The quantitative estimate of drug-likeness (QED) is 0.334. The maximum absolute atomic E-state index is 13.3. The highest BCUT2D eigenvalue weighted by molar-refractivity contribution is 5.92. The summed E-state index contributed by atoms with van der Waals surface area (Å²) in [4.78, 5) is 35.0. The average molecular weight is 519 g/mol. The molecule has 5 rings (SSSR count). The largest absolute Gasteiger partial charge is 0.416 e. The lowest BCUT2D eigenvalue weighted by Crippen LogP contribution is -2.22. The molecule has 0 saturated carbocycles. The first-order valence-electron chi connectivity index (χ1n) is 11.5. The third-order valence-electron chi connectivity index (χ3n) is 5.78. The van der Waals surface area contributed by atoms with Gasteiger partial charge in [-0.15, -0.1) is 0 Å². The van der Waals surface area contributed by atoms with Crippen molar-refractivity contribution in [1.82, 2.24) is 19.7 Å². The Hall–Kier alpha value is -4.80. The number of aromatic nitrogens is 4. The number of nitrogens with one attached hydrogen (secondary N) is 1. The van der Waals surface area contributed by atoms with Crippen molar-refractivity contribution in [3.63, 3.8) is 0 Å². The standard InChI is InChI=1S/C27H20F3N5O3/c1-15-5-3-6-17(11-15)24-33-26(38-34-24)21-13-35(25-20(23(21)37)10-9-16(2)31-25)14-22(36)32-19-8-4-7-18(12-19)27(28,29)30/h3-13H,14H2,1-2H3,(H,32,36). The lowest BCUT2D eigenvalue weighted by atomic mass is 10.1. The van der Waals surface area contributed by atoms with Gasteiger partial charge >= 0.3 is 6.18 Å². The van der Waals surface area contributed by atoms with Gasteiger partial charge in [-0.3, -0.25) is 9.59 Å². The summed E-state index contributed by atoms with van der Waals surface area (Å²) in [6.07, 6.45) is -3.16. The molecule has 5 aromatic rings. The number of fused-ring (bicyclic) bond motifs is 1. The molecule has 0 saturated heterocycles. The van der Waals surface area contributed by atoms with Crippen molar-refractivity contribution in [2.75, 3.05) is 5.32 Å². The smallest absolute Gasteiger partial charge is 0.333 e. The minimum Gasteiger partial charge on any atom is -0.333 e. The summed E-state index contributed by atoms with van der Waals surface area (Å²) >= 11 is 0. The van der Waals surface area contributed by atoms with Crippen LogP contribution in [0.2, 0.25) is 0 Å². The van der Waals surface area contributed by atoms with E-state index in [-0.39, 0.29) is 34.7 Å². The van der Waals surface area contributed by atoms with Crippen LogP contribution in [-0.4, -0.2) is 25.6 Å². The number of aryl methyl sites for hydroxylation is 2. The van der Waals surface area contributed by atoms with Crippen molar-refractivity contribution in [2.45, 2.75) is 26.6 Å². The zero-order valence-corrected chi connectivity index (χ0v) is 20.2. The Morgan fingerprint density at radius 3 is 2.58 bits per heavy atom. The second kappa shape index (κ2) is 9.58. The molecule has 8 nitrogen and oxygen atoms in total. The Bertz CT molecular complexity index is 1740. The molecule has 0 aliphatic rings. The molecule has 0 spiro atoms. The molecule has 2 aromatic carbocycles. The summed E-state index contributed by atoms with van der Waals surface area (Å²) in [7, 11) is 0. The van der Waals surface area contributed by atoms with Crippen molar-refractivity contribution >= 4 is 22.6 Å². The number of benzene rings is 2. The minimum atomic E-state index is -4.55. The van der Waals surface area contributed by atoms with E-state index >= 15 is 0 Å². The van der Waals surface area contributed by atoms with Crippen LogP contribution in [0.4, 0.5) is 18.9 Å². The minimum absolute atomic E-state index is 0.0146. The van der Waals surface area contributed by atoms with Crippen molar-refractivity contribution in [3.05, 3.63) is 93.9 Å². The number of hydrogen-bond acceptors (Lipinski definition) is 6. The number of halogens is 3. The number of hydrogen-bond donors (Lipinski definition) is 1. The molecule has 0 aliphatic heterocycles. The summed E-state index contributed by atoms with van der Waals surface area (Å²) in [6.45, 7) is 3.32. The molecule has 1 N–H and O–H groups in total.